The van der Waals surface area contributed by atoms with Gasteiger partial charge in [-0.3, -0.25) is 14.4 Å². The molecule has 1 aromatic heterocycles. The smallest absolute Gasteiger partial charge is 0.272 e. The average Bonchev–Trinajstić information content (AvgIpc) is 3.00. The summed E-state index contributed by atoms with van der Waals surface area (Å²) < 4.78 is 6.88. The number of aryl methyl sites for hydroxylation is 1. The number of rotatable bonds is 6. The van der Waals surface area contributed by atoms with Crippen LogP contribution in [-0.2, 0) is 23.6 Å². The van der Waals surface area contributed by atoms with E-state index >= 15 is 0 Å². The normalized spacial score (nSPS) is 13.6. The highest BCUT2D eigenvalue weighted by atomic mass is 16.5. The summed E-state index contributed by atoms with van der Waals surface area (Å²) in [4.78, 5) is 45.5. The Labute approximate surface area is 252 Å². The molecule has 0 radical (unpaired) electrons. The van der Waals surface area contributed by atoms with Gasteiger partial charge in [-0.25, -0.2) is 4.98 Å². The Morgan fingerprint density at radius 3 is 2.23 bits per heavy atom. The Bertz CT molecular complexity index is 1690. The fraction of sp³-hybridized carbons (Fsp3) is 0.314. The van der Waals surface area contributed by atoms with Gasteiger partial charge in [0.1, 0.15) is 5.69 Å². The molecule has 0 spiro atoms. The van der Waals surface area contributed by atoms with Crippen molar-refractivity contribution in [2.24, 2.45) is 7.05 Å². The van der Waals surface area contributed by atoms with Crippen LogP contribution in [-0.4, -0.2) is 52.6 Å². The van der Waals surface area contributed by atoms with E-state index in [9.17, 15) is 14.4 Å². The summed E-state index contributed by atoms with van der Waals surface area (Å²) in [7, 11) is 1.71. The first-order valence-electron chi connectivity index (χ1n) is 14.6. The van der Waals surface area contributed by atoms with E-state index in [2.05, 4.69) is 26.1 Å². The maximum atomic E-state index is 13.1. The van der Waals surface area contributed by atoms with Gasteiger partial charge < -0.3 is 19.5 Å². The Morgan fingerprint density at radius 1 is 0.930 bits per heavy atom. The van der Waals surface area contributed by atoms with Crippen LogP contribution in [0.3, 0.4) is 0 Å². The molecule has 8 nitrogen and oxygen atoms in total. The molecule has 2 heterocycles. The summed E-state index contributed by atoms with van der Waals surface area (Å²) in [6.07, 6.45) is 2.04. The van der Waals surface area contributed by atoms with E-state index in [0.717, 1.165) is 22.3 Å². The monoisotopic (exact) mass is 578 g/mol. The molecule has 0 saturated carbocycles. The van der Waals surface area contributed by atoms with E-state index in [1.165, 1.54) is 4.57 Å². The van der Waals surface area contributed by atoms with E-state index in [1.807, 2.05) is 61.5 Å². The summed E-state index contributed by atoms with van der Waals surface area (Å²) in [5.74, 6) is -0.208. The van der Waals surface area contributed by atoms with Gasteiger partial charge in [-0.05, 0) is 59.4 Å². The number of benzene rings is 3. The summed E-state index contributed by atoms with van der Waals surface area (Å²) in [5, 5.41) is 3.04. The lowest BCUT2D eigenvalue weighted by Crippen LogP contribution is -2.40. The maximum absolute atomic E-state index is 13.1. The molecule has 1 fully saturated rings. The van der Waals surface area contributed by atoms with E-state index in [1.54, 1.807) is 30.3 Å². The highest BCUT2D eigenvalue weighted by molar-refractivity contribution is 6.05. The molecule has 1 saturated heterocycles. The molecule has 0 aliphatic carbocycles. The van der Waals surface area contributed by atoms with Crippen molar-refractivity contribution >= 4 is 17.5 Å². The first-order valence-corrected chi connectivity index (χ1v) is 14.6. The molecule has 43 heavy (non-hydrogen) atoms. The summed E-state index contributed by atoms with van der Waals surface area (Å²) >= 11 is 0. The molecule has 0 bridgehead atoms. The Hall–Kier alpha value is -4.56. The van der Waals surface area contributed by atoms with Crippen LogP contribution in [0.4, 0.5) is 5.69 Å². The van der Waals surface area contributed by atoms with Crippen molar-refractivity contribution in [2.45, 2.75) is 39.5 Å². The molecular formula is C35H38N4O4. The quantitative estimate of drug-likeness (QED) is 0.332. The van der Waals surface area contributed by atoms with Crippen molar-refractivity contribution in [1.29, 1.82) is 0 Å². The van der Waals surface area contributed by atoms with E-state index in [4.69, 9.17) is 9.72 Å². The highest BCUT2D eigenvalue weighted by Gasteiger charge is 2.19. The van der Waals surface area contributed by atoms with Crippen molar-refractivity contribution in [1.82, 2.24) is 14.5 Å². The molecule has 3 aromatic carbocycles. The van der Waals surface area contributed by atoms with Gasteiger partial charge in [0, 0.05) is 55.1 Å². The molecule has 4 aromatic rings. The molecule has 8 heteroatoms. The predicted octanol–water partition coefficient (Wildman–Crippen LogP) is 5.37. The van der Waals surface area contributed by atoms with Gasteiger partial charge in [-0.2, -0.15) is 0 Å². The van der Waals surface area contributed by atoms with Gasteiger partial charge in [-0.1, -0.05) is 57.2 Å². The molecule has 1 aliphatic heterocycles. The van der Waals surface area contributed by atoms with Crippen molar-refractivity contribution < 1.29 is 14.3 Å². The van der Waals surface area contributed by atoms with Crippen LogP contribution in [0, 0.1) is 6.92 Å². The van der Waals surface area contributed by atoms with Crippen LogP contribution >= 0.6 is 0 Å². The number of hydrogen-bond donors (Lipinski definition) is 1. The van der Waals surface area contributed by atoms with E-state index in [0.29, 0.717) is 60.9 Å². The van der Waals surface area contributed by atoms with E-state index < -0.39 is 0 Å². The van der Waals surface area contributed by atoms with Gasteiger partial charge in [0.2, 0.25) is 0 Å². The summed E-state index contributed by atoms with van der Waals surface area (Å²) in [6, 6.07) is 20.7. The zero-order chi connectivity index (χ0) is 30.7. The second-order valence-corrected chi connectivity index (χ2v) is 12.0. The molecular weight excluding hydrogens is 540 g/mol. The van der Waals surface area contributed by atoms with Crippen LogP contribution in [0.1, 0.15) is 63.9 Å². The molecule has 0 unspecified atom stereocenters. The number of hydrogen-bond acceptors (Lipinski definition) is 5. The number of nitrogens with zero attached hydrogens (tertiary/aromatic N) is 3. The molecule has 1 aliphatic rings. The van der Waals surface area contributed by atoms with Crippen molar-refractivity contribution in [3.8, 4) is 11.3 Å². The maximum Gasteiger partial charge on any atom is 0.272 e. The van der Waals surface area contributed by atoms with Gasteiger partial charge in [-0.15, -0.1) is 0 Å². The first kappa shape index (κ1) is 29.9. The molecule has 222 valence electrons. The second kappa shape index (κ2) is 12.4. The number of carbonyl (C=O) groups is 2. The first-order chi connectivity index (χ1) is 20.5. The third-order valence-electron chi connectivity index (χ3n) is 7.88. The standard InChI is InChI=1S/C35H38N4O4/c1-23-28(7-6-8-29(23)37-32(40)25-13-15-27(16-14-25)35(2,3)4)31-22-38(5)34(42)30(36-31)21-24-9-11-26(12-10-24)33(41)39-17-19-43-20-18-39/h6-16,22H,17-21H2,1-5H3,(H,37,40). The van der Waals surface area contributed by atoms with Gasteiger partial charge in [0.25, 0.3) is 17.4 Å². The van der Waals surface area contributed by atoms with E-state index in [-0.39, 0.29) is 22.8 Å². The Kier molecular flexibility index (Phi) is 8.59. The number of carbonyl (C=O) groups excluding carboxylic acids is 2. The minimum Gasteiger partial charge on any atom is -0.378 e. The fourth-order valence-corrected chi connectivity index (χ4v) is 5.18. The van der Waals surface area contributed by atoms with Gasteiger partial charge in [0.05, 0.1) is 18.9 Å². The molecule has 1 N–H and O–H groups in total. The Balaban J connectivity index is 1.35. The number of anilines is 1. The van der Waals surface area contributed by atoms with Crippen LogP contribution in [0.2, 0.25) is 0 Å². The topological polar surface area (TPSA) is 93.5 Å². The zero-order valence-electron chi connectivity index (χ0n) is 25.4. The molecule has 0 atom stereocenters. The summed E-state index contributed by atoms with van der Waals surface area (Å²) in [6.45, 7) is 10.6. The molecule has 2 amide bonds. The number of aromatic nitrogens is 2. The largest absolute Gasteiger partial charge is 0.378 e. The SMILES string of the molecule is Cc1c(NC(=O)c2ccc(C(C)(C)C)cc2)cccc1-c1cn(C)c(=O)c(Cc2ccc(C(=O)N3CCOCC3)cc2)n1. The average molecular weight is 579 g/mol. The minimum absolute atomic E-state index is 0.00704. The lowest BCUT2D eigenvalue weighted by atomic mass is 9.86. The molecule has 5 rings (SSSR count). The van der Waals surface area contributed by atoms with Gasteiger partial charge >= 0.3 is 0 Å². The highest BCUT2D eigenvalue weighted by Crippen LogP contribution is 2.28. The van der Waals surface area contributed by atoms with Crippen LogP contribution in [0.15, 0.2) is 77.7 Å². The third kappa shape index (κ3) is 6.75. The lowest BCUT2D eigenvalue weighted by molar-refractivity contribution is 0.0303. The number of nitrogens with one attached hydrogen (secondary N) is 1. The predicted molar refractivity (Wildman–Crippen MR) is 169 cm³/mol. The number of ether oxygens (including phenoxy) is 1. The third-order valence-corrected chi connectivity index (χ3v) is 7.88. The Morgan fingerprint density at radius 2 is 1.58 bits per heavy atom. The van der Waals surface area contributed by atoms with Gasteiger partial charge in [0.15, 0.2) is 0 Å². The van der Waals surface area contributed by atoms with Crippen molar-refractivity contribution in [3.05, 3.63) is 117 Å². The second-order valence-electron chi connectivity index (χ2n) is 12.0. The number of morpholine rings is 1. The van der Waals surface area contributed by atoms with Crippen molar-refractivity contribution in [2.75, 3.05) is 31.6 Å². The lowest BCUT2D eigenvalue weighted by Gasteiger charge is -2.26. The van der Waals surface area contributed by atoms with Crippen LogP contribution in [0.25, 0.3) is 11.3 Å². The fourth-order valence-electron chi connectivity index (χ4n) is 5.18. The van der Waals surface area contributed by atoms with Crippen molar-refractivity contribution in [3.63, 3.8) is 0 Å². The minimum atomic E-state index is -0.189. The number of amides is 2. The van der Waals surface area contributed by atoms with Crippen LogP contribution in [0.5, 0.6) is 0 Å². The summed E-state index contributed by atoms with van der Waals surface area (Å²) in [5.41, 5.74) is 6.46. The zero-order valence-corrected chi connectivity index (χ0v) is 25.4. The van der Waals surface area contributed by atoms with Crippen LogP contribution < -0.4 is 10.9 Å².